The molecule has 0 spiro atoms. The topological polar surface area (TPSA) is 46.2 Å². The van der Waals surface area contributed by atoms with Crippen LogP contribution in [0.2, 0.25) is 0 Å². The average Bonchev–Trinajstić information content (AvgIpc) is 2.19. The molecule has 1 aliphatic rings. The fourth-order valence-corrected chi connectivity index (χ4v) is 3.28. The molecule has 0 aliphatic heterocycles. The predicted octanol–water partition coefficient (Wildman–Crippen LogP) is 2.01. The third-order valence-corrected chi connectivity index (χ3v) is 4.48. The molecule has 0 atom stereocenters. The van der Waals surface area contributed by atoms with E-state index in [-0.39, 0.29) is 16.3 Å². The van der Waals surface area contributed by atoms with Crippen LogP contribution in [0.15, 0.2) is 23.1 Å². The van der Waals surface area contributed by atoms with Gasteiger partial charge in [-0.1, -0.05) is 0 Å². The minimum Gasteiger partial charge on any atom is -0.208 e. The van der Waals surface area contributed by atoms with Crippen LogP contribution in [0.5, 0.6) is 0 Å². The number of sulfonamides is 1. The van der Waals surface area contributed by atoms with Gasteiger partial charge in [-0.3, -0.25) is 0 Å². The smallest absolute Gasteiger partial charge is 0.208 e. The molecule has 0 aromatic heterocycles. The van der Waals surface area contributed by atoms with E-state index in [1.54, 1.807) is 0 Å². The van der Waals surface area contributed by atoms with Gasteiger partial charge in [0.2, 0.25) is 10.0 Å². The lowest BCUT2D eigenvalue weighted by atomic mass is 9.94. The van der Waals surface area contributed by atoms with E-state index in [4.69, 9.17) is 11.6 Å². The highest BCUT2D eigenvalue weighted by atomic mass is 35.5. The molecule has 7 heteroatoms. The number of hydrogen-bond donors (Lipinski definition) is 1. The molecule has 1 fully saturated rings. The zero-order valence-electron chi connectivity index (χ0n) is 8.66. The van der Waals surface area contributed by atoms with Gasteiger partial charge in [-0.25, -0.2) is 21.9 Å². The van der Waals surface area contributed by atoms with Crippen molar-refractivity contribution in [2.75, 3.05) is 0 Å². The van der Waals surface area contributed by atoms with Gasteiger partial charge in [-0.2, -0.15) is 0 Å². The van der Waals surface area contributed by atoms with E-state index in [0.717, 1.165) is 12.1 Å². The Morgan fingerprint density at radius 1 is 1.24 bits per heavy atom. The first-order chi connectivity index (χ1) is 7.88. The summed E-state index contributed by atoms with van der Waals surface area (Å²) in [6.07, 6.45) is 1.09. The molecule has 1 N–H and O–H groups in total. The Kier molecular flexibility index (Phi) is 3.38. The zero-order chi connectivity index (χ0) is 12.6. The van der Waals surface area contributed by atoms with Crippen molar-refractivity contribution in [3.63, 3.8) is 0 Å². The molecule has 17 heavy (non-hydrogen) atoms. The molecule has 1 saturated carbocycles. The van der Waals surface area contributed by atoms with Crippen molar-refractivity contribution in [2.24, 2.45) is 0 Å². The summed E-state index contributed by atoms with van der Waals surface area (Å²) in [5, 5.41) is -0.0207. The molecular formula is C10H10ClF2NO2S. The van der Waals surface area contributed by atoms with Crippen LogP contribution in [0.1, 0.15) is 12.8 Å². The van der Waals surface area contributed by atoms with E-state index in [0.29, 0.717) is 18.9 Å². The maximum absolute atomic E-state index is 12.9. The van der Waals surface area contributed by atoms with Crippen LogP contribution in [0.4, 0.5) is 8.78 Å². The third-order valence-electron chi connectivity index (χ3n) is 2.60. The molecule has 0 saturated heterocycles. The molecule has 3 nitrogen and oxygen atoms in total. The van der Waals surface area contributed by atoms with Crippen LogP contribution >= 0.6 is 11.6 Å². The molecule has 0 amide bonds. The fraction of sp³-hybridized carbons (Fsp3) is 0.400. The van der Waals surface area contributed by atoms with E-state index in [1.807, 2.05) is 0 Å². The summed E-state index contributed by atoms with van der Waals surface area (Å²) in [7, 11) is -3.80. The maximum Gasteiger partial charge on any atom is 0.240 e. The monoisotopic (exact) mass is 281 g/mol. The number of hydrogen-bond acceptors (Lipinski definition) is 2. The molecule has 1 aromatic carbocycles. The van der Waals surface area contributed by atoms with Crippen LogP contribution in [0.25, 0.3) is 0 Å². The largest absolute Gasteiger partial charge is 0.240 e. The standard InChI is InChI=1S/C10H10ClF2NO2S/c11-6-3-7(4-6)14-17(15,16)8-1-2-9(12)10(13)5-8/h1-2,5-7,14H,3-4H2. The van der Waals surface area contributed by atoms with Gasteiger partial charge in [-0.05, 0) is 31.0 Å². The van der Waals surface area contributed by atoms with Gasteiger partial charge in [0, 0.05) is 11.4 Å². The molecule has 0 unspecified atom stereocenters. The highest BCUT2D eigenvalue weighted by Crippen LogP contribution is 2.27. The molecular weight excluding hydrogens is 272 g/mol. The summed E-state index contributed by atoms with van der Waals surface area (Å²) in [6.45, 7) is 0. The second-order valence-electron chi connectivity index (χ2n) is 3.96. The van der Waals surface area contributed by atoms with Crippen molar-refractivity contribution >= 4 is 21.6 Å². The van der Waals surface area contributed by atoms with E-state index in [9.17, 15) is 17.2 Å². The van der Waals surface area contributed by atoms with Crippen LogP contribution in [0, 0.1) is 11.6 Å². The summed E-state index contributed by atoms with van der Waals surface area (Å²) in [5.41, 5.74) is 0. The Hall–Kier alpha value is -0.720. The van der Waals surface area contributed by atoms with Crippen molar-refractivity contribution in [1.29, 1.82) is 0 Å². The number of alkyl halides is 1. The lowest BCUT2D eigenvalue weighted by Gasteiger charge is -2.31. The summed E-state index contributed by atoms with van der Waals surface area (Å²) in [4.78, 5) is -0.283. The number of nitrogens with one attached hydrogen (secondary N) is 1. The molecule has 0 radical (unpaired) electrons. The molecule has 1 aliphatic carbocycles. The van der Waals surface area contributed by atoms with Crippen molar-refractivity contribution in [1.82, 2.24) is 4.72 Å². The minimum atomic E-state index is -3.80. The summed E-state index contributed by atoms with van der Waals surface area (Å²) in [6, 6.07) is 2.25. The van der Waals surface area contributed by atoms with Gasteiger partial charge in [0.15, 0.2) is 11.6 Å². The SMILES string of the molecule is O=S(=O)(NC1CC(Cl)C1)c1ccc(F)c(F)c1. The van der Waals surface area contributed by atoms with E-state index in [2.05, 4.69) is 4.72 Å². The number of halogens is 3. The summed E-state index contributed by atoms with van der Waals surface area (Å²) in [5.74, 6) is -2.26. The molecule has 94 valence electrons. The second kappa shape index (κ2) is 4.51. The normalized spacial score (nSPS) is 24.4. The first kappa shape index (κ1) is 12.7. The molecule has 0 heterocycles. The van der Waals surface area contributed by atoms with Gasteiger partial charge in [-0.15, -0.1) is 11.6 Å². The molecule has 2 rings (SSSR count). The van der Waals surface area contributed by atoms with Gasteiger partial charge in [0.1, 0.15) is 0 Å². The van der Waals surface area contributed by atoms with Gasteiger partial charge >= 0.3 is 0 Å². The zero-order valence-corrected chi connectivity index (χ0v) is 10.2. The van der Waals surface area contributed by atoms with Gasteiger partial charge < -0.3 is 0 Å². The number of rotatable bonds is 3. The minimum absolute atomic E-state index is 0.0207. The summed E-state index contributed by atoms with van der Waals surface area (Å²) >= 11 is 5.72. The van der Waals surface area contributed by atoms with E-state index >= 15 is 0 Å². The van der Waals surface area contributed by atoms with Crippen molar-refractivity contribution in [3.05, 3.63) is 29.8 Å². The second-order valence-corrected chi connectivity index (χ2v) is 6.29. The van der Waals surface area contributed by atoms with Crippen LogP contribution < -0.4 is 4.72 Å². The Labute approximate surface area is 103 Å². The lowest BCUT2D eigenvalue weighted by molar-refractivity contribution is 0.391. The van der Waals surface area contributed by atoms with Crippen LogP contribution in [-0.4, -0.2) is 19.8 Å². The van der Waals surface area contributed by atoms with Crippen LogP contribution in [-0.2, 0) is 10.0 Å². The highest BCUT2D eigenvalue weighted by molar-refractivity contribution is 7.89. The average molecular weight is 282 g/mol. The van der Waals surface area contributed by atoms with Gasteiger partial charge in [0.05, 0.1) is 4.90 Å². The third kappa shape index (κ3) is 2.75. The molecule has 0 bridgehead atoms. The Morgan fingerprint density at radius 3 is 2.41 bits per heavy atom. The van der Waals surface area contributed by atoms with Crippen molar-refractivity contribution in [2.45, 2.75) is 29.2 Å². The van der Waals surface area contributed by atoms with Crippen molar-refractivity contribution in [3.8, 4) is 0 Å². The first-order valence-electron chi connectivity index (χ1n) is 5.00. The number of benzene rings is 1. The van der Waals surface area contributed by atoms with E-state index in [1.165, 1.54) is 0 Å². The molecule has 1 aromatic rings. The lowest BCUT2D eigenvalue weighted by Crippen LogP contribution is -2.44. The predicted molar refractivity (Wildman–Crippen MR) is 59.3 cm³/mol. The summed E-state index contributed by atoms with van der Waals surface area (Å²) < 4.78 is 51.5. The fourth-order valence-electron chi connectivity index (χ4n) is 1.58. The first-order valence-corrected chi connectivity index (χ1v) is 6.92. The van der Waals surface area contributed by atoms with Crippen molar-refractivity contribution < 1.29 is 17.2 Å². The Bertz CT molecular complexity index is 529. The highest BCUT2D eigenvalue weighted by Gasteiger charge is 2.31. The maximum atomic E-state index is 12.9. The Balaban J connectivity index is 2.17. The van der Waals surface area contributed by atoms with Gasteiger partial charge in [0.25, 0.3) is 0 Å². The van der Waals surface area contributed by atoms with Crippen LogP contribution in [0.3, 0.4) is 0 Å². The van der Waals surface area contributed by atoms with E-state index < -0.39 is 21.7 Å². The quantitative estimate of drug-likeness (QED) is 0.862. The Morgan fingerprint density at radius 2 is 1.88 bits per heavy atom.